The van der Waals surface area contributed by atoms with Gasteiger partial charge in [0, 0.05) is 13.0 Å². The number of unbranched alkanes of at least 4 members (excludes halogenated alkanes) is 2. The molecule has 0 unspecified atom stereocenters. The maximum Gasteiger partial charge on any atom is 0.326 e. The smallest absolute Gasteiger partial charge is 0.326 e. The van der Waals surface area contributed by atoms with Crippen LogP contribution >= 0.6 is 0 Å². The number of rotatable bonds is 25. The summed E-state index contributed by atoms with van der Waals surface area (Å²) in [7, 11) is 0. The van der Waals surface area contributed by atoms with Gasteiger partial charge in [0.25, 0.3) is 0 Å². The van der Waals surface area contributed by atoms with E-state index in [9.17, 15) is 44.1 Å². The number of guanidine groups is 1. The minimum Gasteiger partial charge on any atom is -0.481 e. The van der Waals surface area contributed by atoms with Crippen LogP contribution in [0.2, 0.25) is 0 Å². The summed E-state index contributed by atoms with van der Waals surface area (Å²) in [5.74, 6) is -6.13. The molecule has 17 N–H and O–H groups in total. The second-order valence-corrected chi connectivity index (χ2v) is 10.8. The van der Waals surface area contributed by atoms with Crippen LogP contribution in [-0.2, 0) is 28.8 Å². The van der Waals surface area contributed by atoms with E-state index < -0.39 is 78.3 Å². The lowest BCUT2D eigenvalue weighted by Crippen LogP contribution is -2.59. The summed E-state index contributed by atoms with van der Waals surface area (Å²) < 4.78 is 0. The van der Waals surface area contributed by atoms with Gasteiger partial charge >= 0.3 is 11.9 Å². The van der Waals surface area contributed by atoms with E-state index in [1.54, 1.807) is 0 Å². The van der Waals surface area contributed by atoms with Crippen LogP contribution in [0.25, 0.3) is 0 Å². The Hall–Kier alpha value is -4.07. The highest BCUT2D eigenvalue weighted by molar-refractivity contribution is 5.95. The molecule has 0 bridgehead atoms. The fourth-order valence-corrected chi connectivity index (χ4v) is 4.12. The van der Waals surface area contributed by atoms with Gasteiger partial charge in [-0.15, -0.1) is 0 Å². The highest BCUT2D eigenvalue weighted by Gasteiger charge is 2.32. The number of amides is 4. The predicted octanol–water partition coefficient (Wildman–Crippen LogP) is -4.11. The van der Waals surface area contributed by atoms with Crippen LogP contribution in [0.1, 0.15) is 71.1 Å². The maximum atomic E-state index is 13.4. The fraction of sp³-hybridized carbons (Fsp3) is 0.741. The van der Waals surface area contributed by atoms with Crippen molar-refractivity contribution in [2.24, 2.45) is 33.7 Å². The number of aliphatic imine (C=N–C) groups is 1. The number of aliphatic hydroxyl groups excluding tert-OH is 1. The van der Waals surface area contributed by atoms with Gasteiger partial charge in [-0.25, -0.2) is 4.79 Å². The van der Waals surface area contributed by atoms with Gasteiger partial charge in [-0.1, -0.05) is 0 Å². The molecule has 46 heavy (non-hydrogen) atoms. The zero-order valence-corrected chi connectivity index (χ0v) is 26.3. The van der Waals surface area contributed by atoms with Crippen LogP contribution in [-0.4, -0.2) is 113 Å². The Kier molecular flexibility index (Phi) is 21.2. The van der Waals surface area contributed by atoms with Crippen molar-refractivity contribution in [2.75, 3.05) is 19.6 Å². The summed E-state index contributed by atoms with van der Waals surface area (Å²) >= 11 is 0. The monoisotopic (exact) mass is 660 g/mol. The summed E-state index contributed by atoms with van der Waals surface area (Å²) in [6, 6.07) is -6.59. The summed E-state index contributed by atoms with van der Waals surface area (Å²) in [6.45, 7) is 2.03. The predicted molar refractivity (Wildman–Crippen MR) is 168 cm³/mol. The zero-order valence-electron chi connectivity index (χ0n) is 26.3. The number of nitrogens with zero attached hydrogens (tertiary/aromatic N) is 1. The van der Waals surface area contributed by atoms with Gasteiger partial charge in [0.05, 0.1) is 6.10 Å². The quantitative estimate of drug-likeness (QED) is 0.0251. The lowest BCUT2D eigenvalue weighted by Gasteiger charge is -2.26. The second kappa shape index (κ2) is 23.3. The summed E-state index contributed by atoms with van der Waals surface area (Å²) in [6.07, 6.45) is 0.0225. The SMILES string of the molecule is C[C@@H](O)[C@H](N)C(=O)N[C@@H](CCCCN)C(=O)N[C@@H](CCC(=O)O)C(=O)N[C@@H](CCCCN)C(=O)N[C@@H](CCCN=C(N)N)C(=O)O. The first kappa shape index (κ1) is 41.9. The Labute approximate surface area is 267 Å². The van der Waals surface area contributed by atoms with E-state index >= 15 is 0 Å². The highest BCUT2D eigenvalue weighted by Crippen LogP contribution is 2.08. The molecule has 0 aromatic heterocycles. The first-order chi connectivity index (χ1) is 21.6. The van der Waals surface area contributed by atoms with E-state index in [-0.39, 0.29) is 51.2 Å². The van der Waals surface area contributed by atoms with Crippen molar-refractivity contribution in [3.8, 4) is 0 Å². The van der Waals surface area contributed by atoms with E-state index in [1.165, 1.54) is 6.92 Å². The molecule has 0 saturated heterocycles. The number of carbonyl (C=O) groups excluding carboxylic acids is 4. The van der Waals surface area contributed by atoms with Crippen LogP contribution in [0, 0.1) is 0 Å². The fourth-order valence-electron chi connectivity index (χ4n) is 4.12. The van der Waals surface area contributed by atoms with Gasteiger partial charge in [-0.05, 0) is 77.8 Å². The van der Waals surface area contributed by atoms with Crippen molar-refractivity contribution >= 4 is 41.5 Å². The third-order valence-corrected chi connectivity index (χ3v) is 6.82. The summed E-state index contributed by atoms with van der Waals surface area (Å²) in [5, 5.41) is 38.3. The minimum absolute atomic E-state index is 0.0193. The van der Waals surface area contributed by atoms with E-state index in [2.05, 4.69) is 26.3 Å². The van der Waals surface area contributed by atoms with Gasteiger partial charge in [0.2, 0.25) is 23.6 Å². The molecule has 4 amide bonds. The average Bonchev–Trinajstić information content (AvgIpc) is 2.98. The van der Waals surface area contributed by atoms with Crippen molar-refractivity contribution in [3.63, 3.8) is 0 Å². The van der Waals surface area contributed by atoms with Crippen molar-refractivity contribution in [2.45, 2.75) is 107 Å². The third kappa shape index (κ3) is 18.0. The Balaban J connectivity index is 5.96. The first-order valence-corrected chi connectivity index (χ1v) is 15.2. The number of hydrogen-bond donors (Lipinski definition) is 12. The number of carboxylic acids is 2. The molecule has 0 rings (SSSR count). The van der Waals surface area contributed by atoms with Crippen LogP contribution in [0.5, 0.6) is 0 Å². The van der Waals surface area contributed by atoms with Crippen molar-refractivity contribution in [1.82, 2.24) is 21.3 Å². The van der Waals surface area contributed by atoms with E-state index in [1.807, 2.05) is 0 Å². The zero-order chi connectivity index (χ0) is 35.2. The first-order valence-electron chi connectivity index (χ1n) is 15.2. The van der Waals surface area contributed by atoms with Crippen LogP contribution < -0.4 is 49.9 Å². The topological polar surface area (TPSA) is 354 Å². The molecule has 19 heteroatoms. The molecule has 0 fully saturated rings. The van der Waals surface area contributed by atoms with Gasteiger partial charge in [0.15, 0.2) is 5.96 Å². The van der Waals surface area contributed by atoms with Crippen molar-refractivity contribution < 1.29 is 44.1 Å². The molecule has 264 valence electrons. The van der Waals surface area contributed by atoms with Crippen molar-refractivity contribution in [3.05, 3.63) is 0 Å². The lowest BCUT2D eigenvalue weighted by molar-refractivity contribution is -0.142. The molecular weight excluding hydrogens is 608 g/mol. The molecule has 0 aliphatic rings. The molecule has 0 aliphatic heterocycles. The lowest BCUT2D eigenvalue weighted by atomic mass is 10.0. The molecule has 6 atom stereocenters. The highest BCUT2D eigenvalue weighted by atomic mass is 16.4. The molecule has 0 heterocycles. The molecule has 0 aromatic carbocycles. The summed E-state index contributed by atoms with van der Waals surface area (Å²) in [5.41, 5.74) is 27.3. The largest absolute Gasteiger partial charge is 0.481 e. The standard InChI is InChI=1S/C27H52N10O9/c1-15(38)21(30)25(44)36-17(8-3-5-13-29)22(41)35-18(10-11-20(39)40)24(43)34-16(7-2-4-12-28)23(42)37-19(26(45)46)9-6-14-33-27(31)32/h15-19,21,38H,2-14,28-30H2,1H3,(H,34,43)(H,35,41)(H,36,44)(H,37,42)(H,39,40)(H,45,46)(H4,31,32,33)/t15-,16+,17+,18+,19+,21+/m1/s1. The number of nitrogens with one attached hydrogen (secondary N) is 4. The van der Waals surface area contributed by atoms with Gasteiger partial charge in [0.1, 0.15) is 30.2 Å². The number of aliphatic carboxylic acids is 2. The molecule has 19 nitrogen and oxygen atoms in total. The summed E-state index contributed by atoms with van der Waals surface area (Å²) in [4.78, 5) is 79.2. The Morgan fingerprint density at radius 2 is 1.07 bits per heavy atom. The Bertz CT molecular complexity index is 1020. The van der Waals surface area contributed by atoms with Crippen LogP contribution in [0.15, 0.2) is 4.99 Å². The molecular formula is C27H52N10O9. The molecule has 0 aliphatic carbocycles. The normalized spacial score (nSPS) is 14.8. The number of carbonyl (C=O) groups is 6. The van der Waals surface area contributed by atoms with Gasteiger partial charge < -0.3 is 65.3 Å². The van der Waals surface area contributed by atoms with Crippen LogP contribution in [0.3, 0.4) is 0 Å². The Morgan fingerprint density at radius 3 is 1.46 bits per heavy atom. The maximum absolute atomic E-state index is 13.4. The van der Waals surface area contributed by atoms with E-state index in [0.717, 1.165) is 0 Å². The van der Waals surface area contributed by atoms with Gasteiger partial charge in [-0.3, -0.25) is 29.0 Å². The minimum atomic E-state index is -1.46. The van der Waals surface area contributed by atoms with E-state index in [4.69, 9.17) is 28.7 Å². The van der Waals surface area contributed by atoms with Crippen LogP contribution in [0.4, 0.5) is 0 Å². The number of nitrogens with two attached hydrogens (primary N) is 5. The molecule has 0 saturated carbocycles. The molecule has 0 aromatic rings. The van der Waals surface area contributed by atoms with Gasteiger partial charge in [-0.2, -0.15) is 0 Å². The molecule has 0 radical (unpaired) electrons. The van der Waals surface area contributed by atoms with Crippen molar-refractivity contribution in [1.29, 1.82) is 0 Å². The number of aliphatic hydroxyl groups is 1. The number of hydrogen-bond acceptors (Lipinski definition) is 11. The average molecular weight is 661 g/mol. The third-order valence-electron chi connectivity index (χ3n) is 6.82. The second-order valence-electron chi connectivity index (χ2n) is 10.8. The Morgan fingerprint density at radius 1 is 0.652 bits per heavy atom. The molecule has 0 spiro atoms. The number of carboxylic acid groups (broad SMARTS) is 2. The van der Waals surface area contributed by atoms with E-state index in [0.29, 0.717) is 32.2 Å².